The van der Waals surface area contributed by atoms with E-state index in [1.165, 1.54) is 19.3 Å². The number of nitrogens with two attached hydrogens (primary N) is 1. The van der Waals surface area contributed by atoms with Gasteiger partial charge in [0.15, 0.2) is 0 Å². The molecule has 5 heteroatoms. The quantitative estimate of drug-likeness (QED) is 0.929. The van der Waals surface area contributed by atoms with Gasteiger partial charge in [-0.15, -0.1) is 0 Å². The van der Waals surface area contributed by atoms with Crippen molar-refractivity contribution in [2.45, 2.75) is 57.2 Å². The predicted octanol–water partition coefficient (Wildman–Crippen LogP) is 3.01. The fourth-order valence-corrected chi connectivity index (χ4v) is 3.52. The van der Waals surface area contributed by atoms with Crippen molar-refractivity contribution in [3.63, 3.8) is 0 Å². The Hall–Kier alpha value is -0.390. The molecular weight excluding hydrogens is 294 g/mol. The topological polar surface area (TPSA) is 53.1 Å². The Labute approximate surface area is 117 Å². The third-order valence-corrected chi connectivity index (χ3v) is 4.71. The van der Waals surface area contributed by atoms with Crippen LogP contribution in [0, 0.1) is 0 Å². The summed E-state index contributed by atoms with van der Waals surface area (Å²) in [5.74, 6) is 0. The molecule has 1 unspecified atom stereocenters. The van der Waals surface area contributed by atoms with Gasteiger partial charge in [-0.25, -0.2) is 0 Å². The van der Waals surface area contributed by atoms with Crippen molar-refractivity contribution in [2.24, 2.45) is 5.73 Å². The summed E-state index contributed by atoms with van der Waals surface area (Å²) in [6.07, 6.45) is 7.56. The van der Waals surface area contributed by atoms with Crippen LogP contribution in [-0.4, -0.2) is 22.5 Å². The van der Waals surface area contributed by atoms with Crippen LogP contribution in [0.2, 0.25) is 0 Å². The van der Waals surface area contributed by atoms with E-state index in [4.69, 9.17) is 10.5 Å². The van der Waals surface area contributed by atoms with Crippen molar-refractivity contribution in [3.05, 3.63) is 16.4 Å². The minimum absolute atomic E-state index is 0.125. The Bertz CT molecular complexity index is 399. The highest BCUT2D eigenvalue weighted by Crippen LogP contribution is 2.41. The summed E-state index contributed by atoms with van der Waals surface area (Å²) < 4.78 is 8.78. The molecule has 1 saturated carbocycles. The first-order valence-corrected chi connectivity index (χ1v) is 7.46. The van der Waals surface area contributed by atoms with Gasteiger partial charge in [0.1, 0.15) is 0 Å². The fourth-order valence-electron chi connectivity index (χ4n) is 2.97. The van der Waals surface area contributed by atoms with Crippen LogP contribution in [-0.2, 0) is 11.3 Å². The van der Waals surface area contributed by atoms with Crippen molar-refractivity contribution in [2.75, 3.05) is 7.11 Å². The van der Waals surface area contributed by atoms with E-state index >= 15 is 0 Å². The fraction of sp³-hybridized carbons (Fsp3) is 0.769. The van der Waals surface area contributed by atoms with Crippen molar-refractivity contribution in [1.82, 2.24) is 9.78 Å². The first-order valence-electron chi connectivity index (χ1n) is 6.66. The minimum atomic E-state index is -0.228. The van der Waals surface area contributed by atoms with Gasteiger partial charge in [0.25, 0.3) is 0 Å². The van der Waals surface area contributed by atoms with Crippen molar-refractivity contribution >= 4 is 15.9 Å². The Morgan fingerprint density at radius 2 is 2.17 bits per heavy atom. The normalized spacial score (nSPS) is 20.9. The number of aromatic nitrogens is 2. The molecular formula is C13H22BrN3O. The van der Waals surface area contributed by atoms with Crippen LogP contribution in [0.1, 0.15) is 50.8 Å². The lowest BCUT2D eigenvalue weighted by atomic mass is 9.78. The summed E-state index contributed by atoms with van der Waals surface area (Å²) in [6.45, 7) is 2.91. The number of methoxy groups -OCH3 is 1. The van der Waals surface area contributed by atoms with Crippen LogP contribution in [0.5, 0.6) is 0 Å². The van der Waals surface area contributed by atoms with E-state index in [1.807, 2.05) is 10.9 Å². The van der Waals surface area contributed by atoms with E-state index in [9.17, 15) is 0 Å². The number of hydrogen-bond donors (Lipinski definition) is 1. The summed E-state index contributed by atoms with van der Waals surface area (Å²) in [5, 5.41) is 4.35. The average Bonchev–Trinajstić information content (AvgIpc) is 2.79. The highest BCUT2D eigenvalue weighted by Gasteiger charge is 2.41. The number of halogens is 1. The largest absolute Gasteiger partial charge is 0.376 e. The third-order valence-electron chi connectivity index (χ3n) is 4.10. The van der Waals surface area contributed by atoms with E-state index in [-0.39, 0.29) is 11.6 Å². The Morgan fingerprint density at radius 3 is 2.72 bits per heavy atom. The molecule has 1 atom stereocenters. The maximum absolute atomic E-state index is 6.52. The highest BCUT2D eigenvalue weighted by atomic mass is 79.9. The SMILES string of the molecule is CCn1ncc(Br)c1C(N)C1(OC)CCCCC1. The summed E-state index contributed by atoms with van der Waals surface area (Å²) in [5.41, 5.74) is 7.35. The Balaban J connectivity index is 2.33. The molecule has 1 aromatic heterocycles. The number of aryl methyl sites for hydroxylation is 1. The highest BCUT2D eigenvalue weighted by molar-refractivity contribution is 9.10. The Morgan fingerprint density at radius 1 is 1.50 bits per heavy atom. The molecule has 0 bridgehead atoms. The van der Waals surface area contributed by atoms with E-state index in [0.29, 0.717) is 0 Å². The molecule has 0 radical (unpaired) electrons. The number of rotatable bonds is 4. The Kier molecular flexibility index (Phi) is 4.45. The van der Waals surface area contributed by atoms with Gasteiger partial charge >= 0.3 is 0 Å². The molecule has 1 fully saturated rings. The van der Waals surface area contributed by atoms with Crippen LogP contribution in [0.3, 0.4) is 0 Å². The minimum Gasteiger partial charge on any atom is -0.376 e. The molecule has 2 N–H and O–H groups in total. The van der Waals surface area contributed by atoms with Gasteiger partial charge in [0.05, 0.1) is 28.0 Å². The molecule has 0 aromatic carbocycles. The van der Waals surface area contributed by atoms with Gasteiger partial charge < -0.3 is 10.5 Å². The van der Waals surface area contributed by atoms with Gasteiger partial charge in [0.2, 0.25) is 0 Å². The molecule has 4 nitrogen and oxygen atoms in total. The maximum Gasteiger partial charge on any atom is 0.0886 e. The molecule has 0 aliphatic heterocycles. The van der Waals surface area contributed by atoms with Crippen LogP contribution in [0.15, 0.2) is 10.7 Å². The number of hydrogen-bond acceptors (Lipinski definition) is 3. The van der Waals surface area contributed by atoms with Gasteiger partial charge in [0, 0.05) is 13.7 Å². The molecule has 1 heterocycles. The lowest BCUT2D eigenvalue weighted by Gasteiger charge is -2.41. The van der Waals surface area contributed by atoms with Crippen LogP contribution in [0.25, 0.3) is 0 Å². The second-order valence-corrected chi connectivity index (χ2v) is 5.86. The standard InChI is InChI=1S/C13H22BrN3O/c1-3-17-11(10(14)9-16-17)12(15)13(18-2)7-5-4-6-8-13/h9,12H,3-8,15H2,1-2H3. The number of nitrogens with zero attached hydrogens (tertiary/aromatic N) is 2. The zero-order valence-electron chi connectivity index (χ0n) is 11.2. The molecule has 102 valence electrons. The first kappa shape index (κ1) is 14.0. The maximum atomic E-state index is 6.52. The lowest BCUT2D eigenvalue weighted by Crippen LogP contribution is -2.45. The lowest BCUT2D eigenvalue weighted by molar-refractivity contribution is -0.0614. The summed E-state index contributed by atoms with van der Waals surface area (Å²) in [6, 6.07) is -0.125. The third kappa shape index (κ3) is 2.36. The zero-order valence-corrected chi connectivity index (χ0v) is 12.7. The smallest absolute Gasteiger partial charge is 0.0886 e. The summed E-state index contributed by atoms with van der Waals surface area (Å²) in [7, 11) is 1.78. The van der Waals surface area contributed by atoms with Gasteiger partial charge in [-0.1, -0.05) is 19.3 Å². The summed E-state index contributed by atoms with van der Waals surface area (Å²) in [4.78, 5) is 0. The van der Waals surface area contributed by atoms with Crippen molar-refractivity contribution < 1.29 is 4.74 Å². The average molecular weight is 316 g/mol. The molecule has 1 aliphatic carbocycles. The van der Waals surface area contributed by atoms with E-state index in [1.54, 1.807) is 7.11 Å². The van der Waals surface area contributed by atoms with Gasteiger partial charge in [-0.05, 0) is 35.7 Å². The van der Waals surface area contributed by atoms with Crippen LogP contribution < -0.4 is 5.73 Å². The molecule has 1 aromatic rings. The first-order chi connectivity index (χ1) is 8.64. The predicted molar refractivity (Wildman–Crippen MR) is 75.4 cm³/mol. The molecule has 0 amide bonds. The van der Waals surface area contributed by atoms with Crippen molar-refractivity contribution in [1.29, 1.82) is 0 Å². The van der Waals surface area contributed by atoms with E-state index in [0.717, 1.165) is 29.6 Å². The van der Waals surface area contributed by atoms with E-state index in [2.05, 4.69) is 28.0 Å². The van der Waals surface area contributed by atoms with Gasteiger partial charge in [-0.2, -0.15) is 5.10 Å². The molecule has 0 saturated heterocycles. The second-order valence-electron chi connectivity index (χ2n) is 5.00. The molecule has 2 rings (SSSR count). The van der Waals surface area contributed by atoms with Gasteiger partial charge in [-0.3, -0.25) is 4.68 Å². The molecule has 0 spiro atoms. The monoisotopic (exact) mass is 315 g/mol. The zero-order chi connectivity index (χ0) is 13.2. The number of ether oxygens (including phenoxy) is 1. The second kappa shape index (κ2) is 5.72. The summed E-state index contributed by atoms with van der Waals surface area (Å²) >= 11 is 3.56. The van der Waals surface area contributed by atoms with Crippen molar-refractivity contribution in [3.8, 4) is 0 Å². The van der Waals surface area contributed by atoms with Crippen LogP contribution >= 0.6 is 15.9 Å². The molecule has 1 aliphatic rings. The van der Waals surface area contributed by atoms with Crippen LogP contribution in [0.4, 0.5) is 0 Å². The molecule has 18 heavy (non-hydrogen) atoms. The van der Waals surface area contributed by atoms with E-state index < -0.39 is 0 Å².